The second kappa shape index (κ2) is 9.77. The number of rotatable bonds is 6. The third-order valence-electron chi connectivity index (χ3n) is 4.84. The molecule has 1 aliphatic heterocycles. The minimum Gasteiger partial charge on any atom is -0.357 e. The summed E-state index contributed by atoms with van der Waals surface area (Å²) in [6.07, 6.45) is 5.60. The van der Waals surface area contributed by atoms with E-state index in [4.69, 9.17) is 0 Å². The van der Waals surface area contributed by atoms with Crippen molar-refractivity contribution in [3.63, 3.8) is 0 Å². The van der Waals surface area contributed by atoms with Gasteiger partial charge in [0.25, 0.3) is 0 Å². The van der Waals surface area contributed by atoms with Crippen molar-refractivity contribution >= 4 is 45.6 Å². The van der Waals surface area contributed by atoms with Gasteiger partial charge in [0, 0.05) is 19.1 Å². The van der Waals surface area contributed by atoms with Crippen molar-refractivity contribution in [2.24, 2.45) is 4.99 Å². The number of benzene rings is 1. The number of sulfonamides is 1. The van der Waals surface area contributed by atoms with Crippen LogP contribution in [-0.4, -0.2) is 45.8 Å². The van der Waals surface area contributed by atoms with Crippen LogP contribution in [0.5, 0.6) is 0 Å². The first-order chi connectivity index (χ1) is 12.1. The Morgan fingerprint density at radius 1 is 1.27 bits per heavy atom. The fraction of sp³-hybridized carbons (Fsp3) is 0.611. The van der Waals surface area contributed by atoms with Gasteiger partial charge in [0.05, 0.1) is 18.0 Å². The van der Waals surface area contributed by atoms with E-state index in [0.29, 0.717) is 12.6 Å². The van der Waals surface area contributed by atoms with Gasteiger partial charge < -0.3 is 10.6 Å². The number of aliphatic imine (C=N–C) groups is 1. The van der Waals surface area contributed by atoms with Crippen molar-refractivity contribution in [2.45, 2.75) is 45.1 Å². The average Bonchev–Trinajstić information content (AvgIpc) is 3.24. The topological polar surface area (TPSA) is 73.8 Å². The molecule has 0 amide bonds. The largest absolute Gasteiger partial charge is 0.357 e. The fourth-order valence-corrected chi connectivity index (χ4v) is 4.95. The minimum atomic E-state index is -3.34. The predicted molar refractivity (Wildman–Crippen MR) is 118 cm³/mol. The van der Waals surface area contributed by atoms with Crippen LogP contribution in [0.15, 0.2) is 29.3 Å². The van der Waals surface area contributed by atoms with E-state index < -0.39 is 10.0 Å². The number of halogens is 1. The molecule has 1 fully saturated rings. The Bertz CT molecular complexity index is 718. The van der Waals surface area contributed by atoms with Crippen molar-refractivity contribution in [1.29, 1.82) is 0 Å². The molecule has 1 aromatic rings. The van der Waals surface area contributed by atoms with E-state index in [0.717, 1.165) is 43.0 Å². The summed E-state index contributed by atoms with van der Waals surface area (Å²) in [4.78, 5) is 4.48. The molecule has 6 nitrogen and oxygen atoms in total. The summed E-state index contributed by atoms with van der Waals surface area (Å²) in [5, 5.41) is 6.63. The Kier molecular flexibility index (Phi) is 8.00. The molecule has 0 radical (unpaired) electrons. The van der Waals surface area contributed by atoms with Crippen molar-refractivity contribution < 1.29 is 8.42 Å². The third kappa shape index (κ3) is 5.25. The van der Waals surface area contributed by atoms with E-state index in [1.165, 1.54) is 17.1 Å². The van der Waals surface area contributed by atoms with Crippen LogP contribution in [0.2, 0.25) is 0 Å². The van der Waals surface area contributed by atoms with Gasteiger partial charge in [-0.2, -0.15) is 0 Å². The van der Waals surface area contributed by atoms with Crippen LogP contribution in [0.1, 0.15) is 38.2 Å². The van der Waals surface area contributed by atoms with Crippen molar-refractivity contribution in [3.8, 4) is 0 Å². The molecule has 1 heterocycles. The third-order valence-corrected chi connectivity index (χ3v) is 6.59. The molecule has 1 aliphatic carbocycles. The summed E-state index contributed by atoms with van der Waals surface area (Å²) in [7, 11) is -3.34. The van der Waals surface area contributed by atoms with Crippen LogP contribution >= 0.6 is 24.0 Å². The number of para-hydroxylation sites is 1. The Labute approximate surface area is 173 Å². The molecular weight excluding hydrogens is 463 g/mol. The van der Waals surface area contributed by atoms with Crippen LogP contribution < -0.4 is 14.9 Å². The zero-order valence-electron chi connectivity index (χ0n) is 15.3. The first kappa shape index (κ1) is 21.3. The molecule has 1 aromatic carbocycles. The number of nitrogens with zero attached hydrogens (tertiary/aromatic N) is 2. The summed E-state index contributed by atoms with van der Waals surface area (Å²) in [5.74, 6) is 0.759. The van der Waals surface area contributed by atoms with Gasteiger partial charge >= 0.3 is 0 Å². The first-order valence-electron chi connectivity index (χ1n) is 9.23. The van der Waals surface area contributed by atoms with E-state index in [1.807, 2.05) is 31.2 Å². The second-order valence-corrected chi connectivity index (χ2v) is 8.67. The monoisotopic (exact) mass is 492 g/mol. The molecule has 0 atom stereocenters. The fourth-order valence-electron chi connectivity index (χ4n) is 3.56. The highest BCUT2D eigenvalue weighted by Gasteiger charge is 2.28. The van der Waals surface area contributed by atoms with Crippen LogP contribution in [0.4, 0.5) is 5.69 Å². The van der Waals surface area contributed by atoms with Gasteiger partial charge in [0.2, 0.25) is 10.0 Å². The zero-order valence-corrected chi connectivity index (χ0v) is 18.4. The molecule has 0 unspecified atom stereocenters. The molecule has 0 spiro atoms. The van der Waals surface area contributed by atoms with Crippen LogP contribution in [0, 0.1) is 0 Å². The molecule has 1 saturated carbocycles. The average molecular weight is 492 g/mol. The molecule has 3 rings (SSSR count). The number of fused-ring (bicyclic) bond motifs is 1. The van der Waals surface area contributed by atoms with E-state index in [1.54, 1.807) is 0 Å². The van der Waals surface area contributed by atoms with Gasteiger partial charge in [-0.05, 0) is 37.8 Å². The Hall–Kier alpha value is -1.03. The van der Waals surface area contributed by atoms with Gasteiger partial charge in [-0.3, -0.25) is 9.30 Å². The molecule has 0 aromatic heterocycles. The van der Waals surface area contributed by atoms with E-state index in [-0.39, 0.29) is 36.3 Å². The van der Waals surface area contributed by atoms with Gasteiger partial charge in [0.1, 0.15) is 0 Å². The van der Waals surface area contributed by atoms with Crippen molar-refractivity contribution in [3.05, 3.63) is 29.8 Å². The van der Waals surface area contributed by atoms with E-state index >= 15 is 0 Å². The number of anilines is 1. The lowest BCUT2D eigenvalue weighted by Crippen LogP contribution is -2.42. The SMILES string of the molecule is CCNC(=NCCS(=O)(=O)N1CCc2ccccc21)NC1CCCC1.I. The van der Waals surface area contributed by atoms with Crippen molar-refractivity contribution in [2.75, 3.05) is 29.7 Å². The number of guanidine groups is 1. The number of hydrogen-bond donors (Lipinski definition) is 2. The Balaban J connectivity index is 0.00000243. The van der Waals surface area contributed by atoms with Crippen molar-refractivity contribution in [1.82, 2.24) is 10.6 Å². The van der Waals surface area contributed by atoms with E-state index in [2.05, 4.69) is 15.6 Å². The highest BCUT2D eigenvalue weighted by molar-refractivity contribution is 14.0. The standard InChI is InChI=1S/C18H28N4O2S.HI/c1-2-19-18(21-16-8-4-5-9-16)20-12-14-25(23,24)22-13-11-15-7-3-6-10-17(15)22;/h3,6-7,10,16H,2,4-5,8-9,11-14H2,1H3,(H2,19,20,21);1H. The Morgan fingerprint density at radius 3 is 2.73 bits per heavy atom. The second-order valence-electron chi connectivity index (χ2n) is 6.65. The molecule has 8 heteroatoms. The lowest BCUT2D eigenvalue weighted by Gasteiger charge is -2.19. The molecule has 0 bridgehead atoms. The summed E-state index contributed by atoms with van der Waals surface area (Å²) in [6.45, 7) is 3.59. The van der Waals surface area contributed by atoms with Gasteiger partial charge in [-0.15, -0.1) is 24.0 Å². The van der Waals surface area contributed by atoms with Gasteiger partial charge in [-0.25, -0.2) is 8.42 Å². The van der Waals surface area contributed by atoms with Gasteiger partial charge in [0.15, 0.2) is 5.96 Å². The molecule has 2 aliphatic rings. The van der Waals surface area contributed by atoms with E-state index in [9.17, 15) is 8.42 Å². The maximum Gasteiger partial charge on any atom is 0.237 e. The summed E-state index contributed by atoms with van der Waals surface area (Å²) >= 11 is 0. The highest BCUT2D eigenvalue weighted by Crippen LogP contribution is 2.29. The zero-order chi connectivity index (χ0) is 17.7. The first-order valence-corrected chi connectivity index (χ1v) is 10.8. The van der Waals surface area contributed by atoms with Crippen LogP contribution in [0.3, 0.4) is 0 Å². The summed E-state index contributed by atoms with van der Waals surface area (Å²) in [6, 6.07) is 8.18. The lowest BCUT2D eigenvalue weighted by atomic mass is 10.2. The number of hydrogen-bond acceptors (Lipinski definition) is 3. The molecule has 0 saturated heterocycles. The molecule has 146 valence electrons. The maximum absolute atomic E-state index is 12.7. The number of nitrogens with one attached hydrogen (secondary N) is 2. The molecular formula is C18H29IN4O2S. The molecule has 2 N–H and O–H groups in total. The normalized spacial score (nSPS) is 17.7. The summed E-state index contributed by atoms with van der Waals surface area (Å²) in [5.41, 5.74) is 1.92. The van der Waals surface area contributed by atoms with Gasteiger partial charge in [-0.1, -0.05) is 31.0 Å². The predicted octanol–water partition coefficient (Wildman–Crippen LogP) is 2.49. The quantitative estimate of drug-likeness (QED) is 0.364. The van der Waals surface area contributed by atoms with Crippen LogP contribution in [-0.2, 0) is 16.4 Å². The smallest absolute Gasteiger partial charge is 0.237 e. The maximum atomic E-state index is 12.7. The van der Waals surface area contributed by atoms with Crippen LogP contribution in [0.25, 0.3) is 0 Å². The lowest BCUT2D eigenvalue weighted by molar-refractivity contribution is 0.591. The summed E-state index contributed by atoms with van der Waals surface area (Å²) < 4.78 is 26.9. The minimum absolute atomic E-state index is 0. The highest BCUT2D eigenvalue weighted by atomic mass is 127. The Morgan fingerprint density at radius 2 is 2.00 bits per heavy atom. The molecule has 26 heavy (non-hydrogen) atoms.